The van der Waals surface area contributed by atoms with Crippen LogP contribution in [0.2, 0.25) is 0 Å². The summed E-state index contributed by atoms with van der Waals surface area (Å²) in [6.07, 6.45) is 2.35. The van der Waals surface area contributed by atoms with E-state index in [-0.39, 0.29) is 17.3 Å². The second-order valence-electron chi connectivity index (χ2n) is 5.15. The summed E-state index contributed by atoms with van der Waals surface area (Å²) in [5.41, 5.74) is 1.39. The number of hydrogen-bond donors (Lipinski definition) is 2. The van der Waals surface area contributed by atoms with Crippen LogP contribution in [0.3, 0.4) is 0 Å². The van der Waals surface area contributed by atoms with Crippen molar-refractivity contribution in [1.29, 1.82) is 0 Å². The summed E-state index contributed by atoms with van der Waals surface area (Å²) < 4.78 is 22.4. The lowest BCUT2D eigenvalue weighted by Gasteiger charge is -1.99. The highest BCUT2D eigenvalue weighted by Gasteiger charge is 2.32. The average molecular weight is 369 g/mol. The van der Waals surface area contributed by atoms with Gasteiger partial charge in [0.1, 0.15) is 5.25 Å². The van der Waals surface area contributed by atoms with E-state index in [4.69, 9.17) is 5.11 Å². The summed E-state index contributed by atoms with van der Waals surface area (Å²) in [6, 6.07) is 6.78. The number of nitrogens with zero attached hydrogens (tertiary/aromatic N) is 2. The van der Waals surface area contributed by atoms with Crippen molar-refractivity contribution in [2.75, 3.05) is 6.26 Å². The van der Waals surface area contributed by atoms with Crippen LogP contribution in [0.15, 0.2) is 34.5 Å². The average Bonchev–Trinajstić information content (AvgIpc) is 2.79. The van der Waals surface area contributed by atoms with Crippen LogP contribution in [0.5, 0.6) is 0 Å². The summed E-state index contributed by atoms with van der Waals surface area (Å²) in [6.45, 7) is 0. The van der Waals surface area contributed by atoms with Crippen molar-refractivity contribution in [2.24, 2.45) is 10.2 Å². The van der Waals surface area contributed by atoms with Gasteiger partial charge >= 0.3 is 5.97 Å². The number of nitrogens with one attached hydrogen (secondary N) is 1. The number of carboxylic acids is 1. The van der Waals surface area contributed by atoms with Gasteiger partial charge in [0.05, 0.1) is 18.4 Å². The second-order valence-corrected chi connectivity index (χ2v) is 8.49. The summed E-state index contributed by atoms with van der Waals surface area (Å²) in [5.74, 6) is -1.48. The molecule has 0 saturated carbocycles. The molecule has 1 heterocycles. The van der Waals surface area contributed by atoms with Gasteiger partial charge in [0.15, 0.2) is 15.0 Å². The Bertz CT molecular complexity index is 800. The molecular weight excluding hydrogens is 354 g/mol. The van der Waals surface area contributed by atoms with Crippen molar-refractivity contribution in [3.63, 3.8) is 0 Å². The van der Waals surface area contributed by atoms with Crippen LogP contribution in [-0.2, 0) is 25.2 Å². The molecule has 0 radical (unpaired) electrons. The zero-order valence-corrected chi connectivity index (χ0v) is 14.3. The normalized spacial score (nSPS) is 19.8. The smallest absolute Gasteiger partial charge is 0.305 e. The van der Waals surface area contributed by atoms with Gasteiger partial charge in [-0.2, -0.15) is 5.10 Å². The Labute approximate surface area is 143 Å². The Balaban J connectivity index is 1.96. The van der Waals surface area contributed by atoms with Crippen LogP contribution in [0.4, 0.5) is 0 Å². The molecule has 2 N–H and O–H groups in total. The zero-order chi connectivity index (χ0) is 17.7. The minimum absolute atomic E-state index is 0.0274. The number of benzene rings is 1. The fourth-order valence-electron chi connectivity index (χ4n) is 1.90. The van der Waals surface area contributed by atoms with Crippen LogP contribution in [0.25, 0.3) is 0 Å². The van der Waals surface area contributed by atoms with E-state index in [0.717, 1.165) is 11.8 Å². The first-order valence-corrected chi connectivity index (χ1v) is 9.74. The molecule has 1 aromatic rings. The van der Waals surface area contributed by atoms with Crippen molar-refractivity contribution in [3.05, 3.63) is 35.4 Å². The number of carbonyl (C=O) groups excluding carboxylic acids is 1. The molecule has 24 heavy (non-hydrogen) atoms. The molecule has 1 amide bonds. The van der Waals surface area contributed by atoms with E-state index in [2.05, 4.69) is 15.5 Å². The molecule has 1 saturated heterocycles. The second kappa shape index (κ2) is 7.58. The third kappa shape index (κ3) is 5.78. The fourth-order valence-corrected chi connectivity index (χ4v) is 3.61. The van der Waals surface area contributed by atoms with E-state index in [1.54, 1.807) is 24.3 Å². The van der Waals surface area contributed by atoms with E-state index in [9.17, 15) is 18.0 Å². The number of carbonyl (C=O) groups is 2. The van der Waals surface area contributed by atoms with Gasteiger partial charge in [-0.3, -0.25) is 9.59 Å². The first-order chi connectivity index (χ1) is 11.2. The molecule has 1 fully saturated rings. The van der Waals surface area contributed by atoms with E-state index < -0.39 is 27.0 Å². The predicted molar refractivity (Wildman–Crippen MR) is 91.8 cm³/mol. The summed E-state index contributed by atoms with van der Waals surface area (Å²) in [5, 5.41) is 18.4. The van der Waals surface area contributed by atoms with Gasteiger partial charge in [0.25, 0.3) is 0 Å². The Morgan fingerprint density at radius 3 is 2.62 bits per heavy atom. The topological polar surface area (TPSA) is 125 Å². The van der Waals surface area contributed by atoms with Gasteiger partial charge in [0, 0.05) is 6.26 Å². The Morgan fingerprint density at radius 1 is 1.38 bits per heavy atom. The van der Waals surface area contributed by atoms with E-state index in [1.165, 1.54) is 12.5 Å². The number of amides is 1. The molecule has 0 spiro atoms. The van der Waals surface area contributed by atoms with Crippen LogP contribution in [0.1, 0.15) is 17.5 Å². The number of amidine groups is 1. The molecule has 0 aromatic heterocycles. The number of sulfone groups is 1. The Kier molecular flexibility index (Phi) is 5.73. The molecular formula is C14H15N3O5S2. The lowest BCUT2D eigenvalue weighted by Crippen LogP contribution is -2.26. The molecule has 1 atom stereocenters. The molecule has 1 aliphatic rings. The highest BCUT2D eigenvalue weighted by Crippen LogP contribution is 2.22. The van der Waals surface area contributed by atoms with E-state index in [1.807, 2.05) is 0 Å². The number of carboxylic acid groups (broad SMARTS) is 1. The van der Waals surface area contributed by atoms with Crippen LogP contribution < -0.4 is 5.32 Å². The van der Waals surface area contributed by atoms with Gasteiger partial charge in [-0.1, -0.05) is 36.0 Å². The van der Waals surface area contributed by atoms with E-state index in [0.29, 0.717) is 11.1 Å². The van der Waals surface area contributed by atoms with Gasteiger partial charge in [-0.05, 0) is 11.1 Å². The lowest BCUT2D eigenvalue weighted by atomic mass is 10.2. The number of rotatable bonds is 6. The molecule has 1 unspecified atom stereocenters. The molecule has 128 valence electrons. The maximum atomic E-state index is 11.5. The quantitative estimate of drug-likeness (QED) is 0.559. The molecule has 8 nitrogen and oxygen atoms in total. The fraction of sp³-hybridized carbons (Fsp3) is 0.286. The van der Waals surface area contributed by atoms with Crippen LogP contribution in [-0.4, -0.2) is 48.3 Å². The maximum absolute atomic E-state index is 11.5. The van der Waals surface area contributed by atoms with E-state index >= 15 is 0 Å². The van der Waals surface area contributed by atoms with Crippen molar-refractivity contribution >= 4 is 44.9 Å². The van der Waals surface area contributed by atoms with Crippen molar-refractivity contribution in [3.8, 4) is 0 Å². The van der Waals surface area contributed by atoms with Gasteiger partial charge in [0.2, 0.25) is 5.91 Å². The van der Waals surface area contributed by atoms with Crippen LogP contribution in [0, 0.1) is 0 Å². The van der Waals surface area contributed by atoms with Gasteiger partial charge in [-0.25, -0.2) is 8.42 Å². The van der Waals surface area contributed by atoms with Crippen LogP contribution >= 0.6 is 11.8 Å². The molecule has 0 bridgehead atoms. The zero-order valence-electron chi connectivity index (χ0n) is 12.7. The maximum Gasteiger partial charge on any atom is 0.305 e. The first-order valence-electron chi connectivity index (χ1n) is 6.80. The number of thioether (sulfide) groups is 1. The van der Waals surface area contributed by atoms with Crippen molar-refractivity contribution in [1.82, 2.24) is 5.32 Å². The lowest BCUT2D eigenvalue weighted by molar-refractivity contribution is -0.138. The Morgan fingerprint density at radius 2 is 2.04 bits per heavy atom. The Hall–Kier alpha value is -2.20. The molecule has 1 aromatic carbocycles. The molecule has 10 heteroatoms. The highest BCUT2D eigenvalue weighted by molar-refractivity contribution is 8.15. The minimum atomic E-state index is -3.08. The molecule has 1 aliphatic heterocycles. The third-order valence-electron chi connectivity index (χ3n) is 2.90. The SMILES string of the molecule is CS(=O)(=O)Cc1ccc(C=NN=C2NC(=O)C(CC(=O)O)S2)cc1. The van der Waals surface area contributed by atoms with Gasteiger partial charge < -0.3 is 10.4 Å². The summed E-state index contributed by atoms with van der Waals surface area (Å²) in [7, 11) is -3.08. The predicted octanol–water partition coefficient (Wildman–Crippen LogP) is 0.627. The molecule has 0 aliphatic carbocycles. The standard InChI is InChI=1S/C14H15N3O5S2/c1-24(21,22)8-10-4-2-9(3-5-10)7-15-17-14-16-13(20)11(23-14)6-12(18)19/h2-5,7,11H,6,8H2,1H3,(H,18,19)(H,16,17,20). The minimum Gasteiger partial charge on any atom is -0.481 e. The van der Waals surface area contributed by atoms with Crippen molar-refractivity contribution < 1.29 is 23.1 Å². The monoisotopic (exact) mass is 369 g/mol. The largest absolute Gasteiger partial charge is 0.481 e. The first kappa shape index (κ1) is 18.1. The number of hydrogen-bond acceptors (Lipinski definition) is 7. The third-order valence-corrected chi connectivity index (χ3v) is 4.83. The molecule has 2 rings (SSSR count). The highest BCUT2D eigenvalue weighted by atomic mass is 32.2. The van der Waals surface area contributed by atoms with Crippen molar-refractivity contribution in [2.45, 2.75) is 17.4 Å². The summed E-state index contributed by atoms with van der Waals surface area (Å²) >= 11 is 1.02. The van der Waals surface area contributed by atoms with Gasteiger partial charge in [-0.15, -0.1) is 5.10 Å². The number of aliphatic carboxylic acids is 1. The summed E-state index contributed by atoms with van der Waals surface area (Å²) in [4.78, 5) is 22.1.